The van der Waals surface area contributed by atoms with Gasteiger partial charge in [0.05, 0.1) is 16.6 Å². The van der Waals surface area contributed by atoms with E-state index in [4.69, 9.17) is 4.74 Å². The number of nitrogens with zero attached hydrogens (tertiary/aromatic N) is 1. The van der Waals surface area contributed by atoms with Gasteiger partial charge in [-0.1, -0.05) is 36.4 Å². The van der Waals surface area contributed by atoms with E-state index in [0.29, 0.717) is 12.1 Å². The fraction of sp³-hybridized carbons (Fsp3) is 0.321. The Balaban J connectivity index is 1.66. The lowest BCUT2D eigenvalue weighted by atomic mass is 9.89. The molecule has 3 aromatic carbocycles. The summed E-state index contributed by atoms with van der Waals surface area (Å²) in [5.74, 6) is 0.367. The number of hydrogen-bond acceptors (Lipinski definition) is 4. The van der Waals surface area contributed by atoms with Crippen LogP contribution in [0.4, 0.5) is 5.69 Å². The molecule has 7 heteroatoms. The lowest BCUT2D eigenvalue weighted by molar-refractivity contribution is -0.120. The predicted molar refractivity (Wildman–Crippen MR) is 138 cm³/mol. The first-order valence-electron chi connectivity index (χ1n) is 11.7. The standard InChI is InChI=1S/C28H32N2O4S/c1-19-11-14-24-25(17-28(4,5)34-26(24)15-19)29-27(31)18-30(22-13-12-20(2)21(3)16-22)35(32,33)23-9-7-6-8-10-23/h6-16,25H,17-18H2,1-5H3,(H,29,31). The number of carbonyl (C=O) groups excluding carboxylic acids is 1. The molecule has 1 atom stereocenters. The maximum absolute atomic E-state index is 13.6. The Morgan fingerprint density at radius 2 is 1.71 bits per heavy atom. The van der Waals surface area contributed by atoms with Gasteiger partial charge in [0.1, 0.15) is 17.9 Å². The van der Waals surface area contributed by atoms with Crippen LogP contribution < -0.4 is 14.4 Å². The van der Waals surface area contributed by atoms with Gasteiger partial charge in [-0.2, -0.15) is 0 Å². The van der Waals surface area contributed by atoms with Gasteiger partial charge in [0.2, 0.25) is 5.91 Å². The second-order valence-electron chi connectivity index (χ2n) is 9.82. The Morgan fingerprint density at radius 1 is 1.00 bits per heavy atom. The molecule has 3 aromatic rings. The van der Waals surface area contributed by atoms with E-state index in [1.54, 1.807) is 42.5 Å². The molecule has 1 heterocycles. The van der Waals surface area contributed by atoms with Gasteiger partial charge in [-0.3, -0.25) is 9.10 Å². The summed E-state index contributed by atoms with van der Waals surface area (Å²) < 4.78 is 34.6. The molecule has 0 fully saturated rings. The fourth-order valence-electron chi connectivity index (χ4n) is 4.37. The number of ether oxygens (including phenoxy) is 1. The summed E-state index contributed by atoms with van der Waals surface area (Å²) in [5, 5.41) is 3.07. The van der Waals surface area contributed by atoms with Crippen LogP contribution in [0.3, 0.4) is 0 Å². The first-order chi connectivity index (χ1) is 16.5. The number of aryl methyl sites for hydroxylation is 3. The van der Waals surface area contributed by atoms with Gasteiger partial charge in [0, 0.05) is 12.0 Å². The number of sulfonamides is 1. The van der Waals surface area contributed by atoms with E-state index in [1.165, 1.54) is 4.31 Å². The van der Waals surface area contributed by atoms with Gasteiger partial charge < -0.3 is 10.1 Å². The summed E-state index contributed by atoms with van der Waals surface area (Å²) in [5.41, 5.74) is 3.95. The minimum absolute atomic E-state index is 0.138. The molecule has 1 aliphatic rings. The minimum Gasteiger partial charge on any atom is -0.487 e. The van der Waals surface area contributed by atoms with E-state index >= 15 is 0 Å². The van der Waals surface area contributed by atoms with E-state index < -0.39 is 15.6 Å². The van der Waals surface area contributed by atoms with Gasteiger partial charge in [-0.25, -0.2) is 8.42 Å². The van der Waals surface area contributed by atoms with Crippen molar-refractivity contribution >= 4 is 21.6 Å². The minimum atomic E-state index is -3.96. The average Bonchev–Trinajstić information content (AvgIpc) is 2.79. The van der Waals surface area contributed by atoms with Crippen molar-refractivity contribution < 1.29 is 17.9 Å². The largest absolute Gasteiger partial charge is 0.487 e. The van der Waals surface area contributed by atoms with E-state index in [-0.39, 0.29) is 23.4 Å². The van der Waals surface area contributed by atoms with E-state index in [1.807, 2.05) is 58.9 Å². The van der Waals surface area contributed by atoms with E-state index in [0.717, 1.165) is 28.0 Å². The molecule has 1 unspecified atom stereocenters. The van der Waals surface area contributed by atoms with Crippen LogP contribution in [-0.4, -0.2) is 26.5 Å². The first-order valence-corrected chi connectivity index (χ1v) is 13.1. The van der Waals surface area contributed by atoms with Crippen LogP contribution in [0.15, 0.2) is 71.6 Å². The molecule has 1 N–H and O–H groups in total. The molecule has 1 amide bonds. The molecule has 0 bridgehead atoms. The molecule has 0 spiro atoms. The Morgan fingerprint density at radius 3 is 2.40 bits per heavy atom. The Hall–Kier alpha value is -3.32. The summed E-state index contributed by atoms with van der Waals surface area (Å²) in [6, 6.07) is 19.2. The third-order valence-electron chi connectivity index (χ3n) is 6.36. The summed E-state index contributed by atoms with van der Waals surface area (Å²) >= 11 is 0. The van der Waals surface area contributed by atoms with Gasteiger partial charge in [-0.15, -0.1) is 0 Å². The lowest BCUT2D eigenvalue weighted by Crippen LogP contribution is -2.45. The van der Waals surface area contributed by atoms with Crippen molar-refractivity contribution in [2.75, 3.05) is 10.8 Å². The molecule has 4 rings (SSSR count). The fourth-order valence-corrected chi connectivity index (χ4v) is 5.81. The van der Waals surface area contributed by atoms with Crippen LogP contribution in [0.2, 0.25) is 0 Å². The molecule has 0 radical (unpaired) electrons. The van der Waals surface area contributed by atoms with Crippen LogP contribution in [0.1, 0.15) is 48.6 Å². The van der Waals surface area contributed by atoms with Crippen molar-refractivity contribution in [2.24, 2.45) is 0 Å². The molecule has 35 heavy (non-hydrogen) atoms. The van der Waals surface area contributed by atoms with Crippen LogP contribution in [0, 0.1) is 20.8 Å². The number of nitrogens with one attached hydrogen (secondary N) is 1. The second-order valence-corrected chi connectivity index (χ2v) is 11.7. The summed E-state index contributed by atoms with van der Waals surface area (Å²) in [7, 11) is -3.96. The third-order valence-corrected chi connectivity index (χ3v) is 8.15. The zero-order chi connectivity index (χ0) is 25.4. The highest BCUT2D eigenvalue weighted by Crippen LogP contribution is 2.40. The zero-order valence-electron chi connectivity index (χ0n) is 20.8. The smallest absolute Gasteiger partial charge is 0.264 e. The summed E-state index contributed by atoms with van der Waals surface area (Å²) in [4.78, 5) is 13.5. The van der Waals surface area contributed by atoms with E-state index in [9.17, 15) is 13.2 Å². The number of anilines is 1. The lowest BCUT2D eigenvalue weighted by Gasteiger charge is -2.38. The van der Waals surface area contributed by atoms with Crippen molar-refractivity contribution in [1.82, 2.24) is 5.32 Å². The molecule has 0 saturated heterocycles. The highest BCUT2D eigenvalue weighted by molar-refractivity contribution is 7.92. The molecule has 6 nitrogen and oxygen atoms in total. The Labute approximate surface area is 208 Å². The number of carbonyl (C=O) groups is 1. The third kappa shape index (κ3) is 5.35. The van der Waals surface area contributed by atoms with E-state index in [2.05, 4.69) is 5.32 Å². The molecule has 0 aliphatic carbocycles. The molecule has 0 saturated carbocycles. The van der Waals surface area contributed by atoms with Crippen LogP contribution >= 0.6 is 0 Å². The molecule has 0 aromatic heterocycles. The van der Waals surface area contributed by atoms with Crippen molar-refractivity contribution in [1.29, 1.82) is 0 Å². The number of hydrogen-bond donors (Lipinski definition) is 1. The first kappa shape index (κ1) is 24.8. The highest BCUT2D eigenvalue weighted by atomic mass is 32.2. The monoisotopic (exact) mass is 492 g/mol. The topological polar surface area (TPSA) is 75.7 Å². The van der Waals surface area contributed by atoms with Gasteiger partial charge in [-0.05, 0) is 81.6 Å². The molecule has 184 valence electrons. The Bertz CT molecular complexity index is 1350. The zero-order valence-corrected chi connectivity index (χ0v) is 21.6. The number of rotatable bonds is 6. The average molecular weight is 493 g/mol. The maximum atomic E-state index is 13.6. The van der Waals surface area contributed by atoms with Gasteiger partial charge in [0.25, 0.3) is 10.0 Å². The summed E-state index contributed by atoms with van der Waals surface area (Å²) in [6.45, 7) is 9.52. The van der Waals surface area contributed by atoms with Crippen LogP contribution in [0.5, 0.6) is 5.75 Å². The van der Waals surface area contributed by atoms with Gasteiger partial charge >= 0.3 is 0 Å². The van der Waals surface area contributed by atoms with Gasteiger partial charge in [0.15, 0.2) is 0 Å². The molecule has 1 aliphatic heterocycles. The number of fused-ring (bicyclic) bond motifs is 1. The van der Waals surface area contributed by atoms with Crippen LogP contribution in [-0.2, 0) is 14.8 Å². The number of amides is 1. The summed E-state index contributed by atoms with van der Waals surface area (Å²) in [6.07, 6.45) is 0.573. The van der Waals surface area contributed by atoms with Crippen molar-refractivity contribution in [3.8, 4) is 5.75 Å². The Kier molecular flexibility index (Phi) is 6.64. The normalized spacial score (nSPS) is 16.7. The molecular formula is C28H32N2O4S. The van der Waals surface area contributed by atoms with Crippen LogP contribution in [0.25, 0.3) is 0 Å². The van der Waals surface area contributed by atoms with Crippen molar-refractivity contribution in [3.05, 3.63) is 89.0 Å². The van der Waals surface area contributed by atoms with Crippen molar-refractivity contribution in [3.63, 3.8) is 0 Å². The molecular weight excluding hydrogens is 460 g/mol. The second kappa shape index (κ2) is 9.38. The van der Waals surface area contributed by atoms with Crippen molar-refractivity contribution in [2.45, 2.75) is 57.6 Å². The predicted octanol–water partition coefficient (Wildman–Crippen LogP) is 5.23. The maximum Gasteiger partial charge on any atom is 0.264 e. The highest BCUT2D eigenvalue weighted by Gasteiger charge is 2.35. The SMILES string of the molecule is Cc1ccc2c(c1)OC(C)(C)CC2NC(=O)CN(c1ccc(C)c(C)c1)S(=O)(=O)c1ccccc1. The number of benzene rings is 3. The quantitative estimate of drug-likeness (QED) is 0.512.